The largest absolute Gasteiger partial charge is 0.573 e. The van der Waals surface area contributed by atoms with E-state index in [1.807, 2.05) is 12.1 Å². The van der Waals surface area contributed by atoms with E-state index in [9.17, 15) is 13.2 Å². The molecule has 134 valence electrons. The van der Waals surface area contributed by atoms with E-state index in [4.69, 9.17) is 10.5 Å². The van der Waals surface area contributed by atoms with Gasteiger partial charge in [0.25, 0.3) is 0 Å². The second kappa shape index (κ2) is 8.11. The van der Waals surface area contributed by atoms with Crippen molar-refractivity contribution in [3.05, 3.63) is 52.5 Å². The van der Waals surface area contributed by atoms with Crippen molar-refractivity contribution < 1.29 is 22.6 Å². The van der Waals surface area contributed by atoms with Gasteiger partial charge in [0.1, 0.15) is 5.75 Å². The van der Waals surface area contributed by atoms with E-state index in [-0.39, 0.29) is 18.2 Å². The first-order valence-electron chi connectivity index (χ1n) is 7.02. The number of alkyl halides is 3. The van der Waals surface area contributed by atoms with Crippen molar-refractivity contribution in [1.82, 2.24) is 0 Å². The van der Waals surface area contributed by atoms with Gasteiger partial charge in [-0.25, -0.2) is 4.99 Å². The number of rotatable bonds is 5. The molecule has 0 heterocycles. The van der Waals surface area contributed by atoms with Gasteiger partial charge in [-0.3, -0.25) is 0 Å². The van der Waals surface area contributed by atoms with Crippen LogP contribution in [0.4, 0.5) is 18.9 Å². The number of para-hydroxylation sites is 2. The Bertz CT molecular complexity index is 767. The maximum atomic E-state index is 12.4. The summed E-state index contributed by atoms with van der Waals surface area (Å²) in [4.78, 5) is 4.12. The van der Waals surface area contributed by atoms with E-state index in [1.54, 1.807) is 12.1 Å². The number of nitrogens with zero attached hydrogens (tertiary/aromatic N) is 1. The molecule has 0 spiro atoms. The SMILES string of the molecule is COc1ccc(Br)cc1CN=C(N)Nc1ccccc1OC(F)(F)F. The lowest BCUT2D eigenvalue weighted by Gasteiger charge is -2.14. The zero-order valence-corrected chi connectivity index (χ0v) is 14.7. The van der Waals surface area contributed by atoms with Gasteiger partial charge < -0.3 is 20.5 Å². The summed E-state index contributed by atoms with van der Waals surface area (Å²) >= 11 is 3.35. The summed E-state index contributed by atoms with van der Waals surface area (Å²) in [6.45, 7) is 0.184. The van der Waals surface area contributed by atoms with Gasteiger partial charge in [0.15, 0.2) is 11.7 Å². The van der Waals surface area contributed by atoms with Gasteiger partial charge in [-0.15, -0.1) is 13.2 Å². The number of nitrogens with two attached hydrogens (primary N) is 1. The number of ether oxygens (including phenoxy) is 2. The molecule has 0 radical (unpaired) electrons. The van der Waals surface area contributed by atoms with Gasteiger partial charge in [-0.2, -0.15) is 0 Å². The summed E-state index contributed by atoms with van der Waals surface area (Å²) in [7, 11) is 1.53. The first-order chi connectivity index (χ1) is 11.8. The second-order valence-corrected chi connectivity index (χ2v) is 5.74. The van der Waals surface area contributed by atoms with Crippen molar-refractivity contribution in [1.29, 1.82) is 0 Å². The molecule has 0 amide bonds. The van der Waals surface area contributed by atoms with Gasteiger partial charge in [0.05, 0.1) is 19.3 Å². The Balaban J connectivity index is 2.14. The minimum Gasteiger partial charge on any atom is -0.496 e. The minimum atomic E-state index is -4.80. The average molecular weight is 418 g/mol. The predicted molar refractivity (Wildman–Crippen MR) is 92.8 cm³/mol. The van der Waals surface area contributed by atoms with Crippen molar-refractivity contribution in [2.24, 2.45) is 10.7 Å². The molecule has 0 unspecified atom stereocenters. The first-order valence-corrected chi connectivity index (χ1v) is 7.82. The van der Waals surface area contributed by atoms with E-state index in [0.717, 1.165) is 10.0 Å². The third kappa shape index (κ3) is 5.86. The number of aliphatic imine (C=N–C) groups is 1. The lowest BCUT2D eigenvalue weighted by atomic mass is 10.2. The highest BCUT2D eigenvalue weighted by Gasteiger charge is 2.32. The number of hydrogen-bond donors (Lipinski definition) is 2. The molecule has 2 aromatic carbocycles. The topological polar surface area (TPSA) is 68.9 Å². The normalized spacial score (nSPS) is 12.0. The van der Waals surface area contributed by atoms with E-state index in [0.29, 0.717) is 5.75 Å². The van der Waals surface area contributed by atoms with Crippen LogP contribution in [-0.4, -0.2) is 19.4 Å². The summed E-state index contributed by atoms with van der Waals surface area (Å²) < 4.78 is 47.3. The molecule has 0 fully saturated rings. The zero-order chi connectivity index (χ0) is 18.4. The Morgan fingerprint density at radius 2 is 1.92 bits per heavy atom. The van der Waals surface area contributed by atoms with Crippen LogP contribution < -0.4 is 20.5 Å². The van der Waals surface area contributed by atoms with E-state index >= 15 is 0 Å². The van der Waals surface area contributed by atoms with Crippen LogP contribution in [0.25, 0.3) is 0 Å². The minimum absolute atomic E-state index is 0.0553. The Kier molecular flexibility index (Phi) is 6.13. The molecular formula is C16H15BrF3N3O2. The maximum absolute atomic E-state index is 12.4. The second-order valence-electron chi connectivity index (χ2n) is 4.83. The molecule has 0 saturated carbocycles. The molecule has 5 nitrogen and oxygen atoms in total. The predicted octanol–water partition coefficient (Wildman–Crippen LogP) is 4.28. The molecular weight excluding hydrogens is 403 g/mol. The highest BCUT2D eigenvalue weighted by atomic mass is 79.9. The number of guanidine groups is 1. The van der Waals surface area contributed by atoms with Crippen molar-refractivity contribution in [2.45, 2.75) is 12.9 Å². The number of methoxy groups -OCH3 is 1. The van der Waals surface area contributed by atoms with Crippen molar-refractivity contribution in [3.63, 3.8) is 0 Å². The summed E-state index contributed by atoms with van der Waals surface area (Å²) in [5, 5.41) is 2.61. The van der Waals surface area contributed by atoms with Gasteiger partial charge in [0.2, 0.25) is 0 Å². The zero-order valence-electron chi connectivity index (χ0n) is 13.1. The highest BCUT2D eigenvalue weighted by molar-refractivity contribution is 9.10. The Hall–Kier alpha value is -2.42. The molecule has 0 bridgehead atoms. The van der Waals surface area contributed by atoms with Gasteiger partial charge in [0, 0.05) is 10.0 Å². The molecule has 0 aliphatic rings. The molecule has 0 atom stereocenters. The standard InChI is InChI=1S/C16H15BrF3N3O2/c1-24-13-7-6-11(17)8-10(13)9-22-15(21)23-12-4-2-3-5-14(12)25-16(18,19)20/h2-8H,9H2,1H3,(H3,21,22,23). The fourth-order valence-electron chi connectivity index (χ4n) is 2.00. The molecule has 3 N–H and O–H groups in total. The van der Waals surface area contributed by atoms with Crippen LogP contribution in [0, 0.1) is 0 Å². The molecule has 0 aliphatic carbocycles. The highest BCUT2D eigenvalue weighted by Crippen LogP contribution is 2.30. The Labute approximate surface area is 150 Å². The lowest BCUT2D eigenvalue weighted by Crippen LogP contribution is -2.24. The molecule has 9 heteroatoms. The van der Waals surface area contributed by atoms with E-state index in [2.05, 4.69) is 31.0 Å². The van der Waals surface area contributed by atoms with Crippen LogP contribution >= 0.6 is 15.9 Å². The molecule has 25 heavy (non-hydrogen) atoms. The fourth-order valence-corrected chi connectivity index (χ4v) is 2.41. The van der Waals surface area contributed by atoms with E-state index in [1.165, 1.54) is 25.3 Å². The molecule has 0 aromatic heterocycles. The summed E-state index contributed by atoms with van der Waals surface area (Å²) in [6, 6.07) is 11.0. The third-order valence-corrected chi connectivity index (χ3v) is 3.53. The number of halogens is 4. The van der Waals surface area contributed by atoms with Crippen molar-refractivity contribution in [3.8, 4) is 11.5 Å². The summed E-state index contributed by atoms with van der Waals surface area (Å²) in [5.74, 6) is 0.175. The molecule has 2 aromatic rings. The fraction of sp³-hybridized carbons (Fsp3) is 0.188. The van der Waals surface area contributed by atoms with Crippen LogP contribution in [0.2, 0.25) is 0 Å². The van der Waals surface area contributed by atoms with Crippen molar-refractivity contribution in [2.75, 3.05) is 12.4 Å². The summed E-state index contributed by atoms with van der Waals surface area (Å²) in [5.41, 5.74) is 6.59. The monoisotopic (exact) mass is 417 g/mol. The van der Waals surface area contributed by atoms with Gasteiger partial charge in [-0.05, 0) is 30.3 Å². The first kappa shape index (κ1) is 18.9. The number of benzene rings is 2. The lowest BCUT2D eigenvalue weighted by molar-refractivity contribution is -0.274. The number of nitrogens with one attached hydrogen (secondary N) is 1. The Morgan fingerprint density at radius 1 is 1.20 bits per heavy atom. The van der Waals surface area contributed by atoms with Crippen LogP contribution in [-0.2, 0) is 6.54 Å². The molecule has 0 saturated heterocycles. The smallest absolute Gasteiger partial charge is 0.496 e. The average Bonchev–Trinajstić information content (AvgIpc) is 2.53. The van der Waals surface area contributed by atoms with Crippen LogP contribution in [0.15, 0.2) is 51.9 Å². The maximum Gasteiger partial charge on any atom is 0.573 e. The Morgan fingerprint density at radius 3 is 2.60 bits per heavy atom. The van der Waals surface area contributed by atoms with Crippen LogP contribution in [0.5, 0.6) is 11.5 Å². The van der Waals surface area contributed by atoms with Crippen molar-refractivity contribution >= 4 is 27.6 Å². The number of hydrogen-bond acceptors (Lipinski definition) is 3. The molecule has 0 aliphatic heterocycles. The molecule has 2 rings (SSSR count). The van der Waals surface area contributed by atoms with Gasteiger partial charge >= 0.3 is 6.36 Å². The third-order valence-electron chi connectivity index (χ3n) is 3.04. The van der Waals surface area contributed by atoms with E-state index < -0.39 is 12.1 Å². The van der Waals surface area contributed by atoms with Crippen LogP contribution in [0.3, 0.4) is 0 Å². The quantitative estimate of drug-likeness (QED) is 0.562. The van der Waals surface area contributed by atoms with Gasteiger partial charge in [-0.1, -0.05) is 28.1 Å². The summed E-state index contributed by atoms with van der Waals surface area (Å²) in [6.07, 6.45) is -4.80. The van der Waals surface area contributed by atoms with Crippen LogP contribution in [0.1, 0.15) is 5.56 Å². The number of anilines is 1.